The predicted molar refractivity (Wildman–Crippen MR) is 190 cm³/mol. The van der Waals surface area contributed by atoms with Gasteiger partial charge in [-0.1, -0.05) is 140 Å². The fraction of sp³-hybridized carbons (Fsp3) is 0.0952. The minimum absolute atomic E-state index is 0. The fourth-order valence-electron chi connectivity index (χ4n) is 6.46. The van der Waals surface area contributed by atoms with Crippen molar-refractivity contribution in [1.29, 1.82) is 0 Å². The van der Waals surface area contributed by atoms with E-state index in [1.165, 1.54) is 15.9 Å². The summed E-state index contributed by atoms with van der Waals surface area (Å²) < 4.78 is 6.67. The summed E-state index contributed by atoms with van der Waals surface area (Å²) in [6.45, 7) is 2.07. The Balaban J connectivity index is 0.00000433. The van der Waals surface area contributed by atoms with Gasteiger partial charge in [0.1, 0.15) is 23.2 Å². The fourth-order valence-corrected chi connectivity index (χ4v) is 11.1. The van der Waals surface area contributed by atoms with Crippen molar-refractivity contribution in [3.05, 3.63) is 199 Å². The summed E-state index contributed by atoms with van der Waals surface area (Å²) in [7, 11) is -2.42. The monoisotopic (exact) mass is 654 g/mol. The summed E-state index contributed by atoms with van der Waals surface area (Å²) in [5.74, 6) is -1.24. The molecule has 3 nitrogen and oxygen atoms in total. The molecule has 6 rings (SSSR count). The summed E-state index contributed by atoms with van der Waals surface area (Å²) in [5.41, 5.74) is -0.0970. The van der Waals surface area contributed by atoms with E-state index in [1.807, 2.05) is 72.8 Å². The van der Waals surface area contributed by atoms with Gasteiger partial charge in [-0.2, -0.15) is 0 Å². The van der Waals surface area contributed by atoms with Crippen LogP contribution in [0, 0.1) is 5.92 Å². The third kappa shape index (κ3) is 6.69. The SMILES string of the molecule is C[C@H](C[P+](c1ccccc1)(c1ccccc1)c1ccccc1)[C@](OC(=O)c1ccccc1)(C(=O)c1ccccc1)c1ccccc1.[Cl-]. The zero-order valence-electron chi connectivity index (χ0n) is 26.2. The maximum Gasteiger partial charge on any atom is 0.339 e. The van der Waals surface area contributed by atoms with Crippen molar-refractivity contribution in [1.82, 2.24) is 0 Å². The summed E-state index contributed by atoms with van der Waals surface area (Å²) in [5, 5.41) is 3.59. The van der Waals surface area contributed by atoms with Crippen LogP contribution in [0.3, 0.4) is 0 Å². The maximum atomic E-state index is 15.1. The molecule has 47 heavy (non-hydrogen) atoms. The summed E-state index contributed by atoms with van der Waals surface area (Å²) in [4.78, 5) is 29.2. The lowest BCUT2D eigenvalue weighted by Gasteiger charge is -2.40. The molecular weight excluding hydrogens is 619 g/mol. The average Bonchev–Trinajstić information content (AvgIpc) is 3.14. The highest BCUT2D eigenvalue weighted by molar-refractivity contribution is 7.95. The largest absolute Gasteiger partial charge is 1.00 e. The maximum absolute atomic E-state index is 15.1. The van der Waals surface area contributed by atoms with E-state index in [0.717, 1.165) is 0 Å². The first-order valence-corrected chi connectivity index (χ1v) is 17.5. The number of esters is 1. The van der Waals surface area contributed by atoms with Crippen LogP contribution < -0.4 is 28.3 Å². The topological polar surface area (TPSA) is 43.4 Å². The van der Waals surface area contributed by atoms with Crippen LogP contribution in [-0.4, -0.2) is 17.9 Å². The molecule has 0 aliphatic carbocycles. The molecule has 0 aliphatic heterocycles. The first-order valence-electron chi connectivity index (χ1n) is 15.5. The lowest BCUT2D eigenvalue weighted by molar-refractivity contribution is -0.0310. The number of rotatable bonds is 11. The van der Waals surface area contributed by atoms with E-state index in [0.29, 0.717) is 22.9 Å². The molecule has 0 saturated heterocycles. The first kappa shape index (κ1) is 33.5. The Morgan fingerprint density at radius 1 is 0.532 bits per heavy atom. The number of ether oxygens (including phenoxy) is 1. The van der Waals surface area contributed by atoms with Crippen molar-refractivity contribution in [3.63, 3.8) is 0 Å². The summed E-state index contributed by atoms with van der Waals surface area (Å²) >= 11 is 0. The van der Waals surface area contributed by atoms with Crippen LogP contribution in [0.4, 0.5) is 0 Å². The Kier molecular flexibility index (Phi) is 10.8. The smallest absolute Gasteiger partial charge is 0.339 e. The second-order valence-corrected chi connectivity index (χ2v) is 15.0. The molecule has 0 bridgehead atoms. The molecule has 0 unspecified atom stereocenters. The minimum atomic E-state index is -2.42. The molecule has 0 fully saturated rings. The standard InChI is InChI=1S/C42H36O3P.ClH/c1-33(32-46(37-26-14-5-15-27-37,38-28-16-6-17-29-38)39-30-18-7-19-31-39)42(36-24-12-4-13-25-36,40(43)34-20-8-2-9-21-34)45-41(44)35-22-10-3-11-23-35;/h2-31,33H,32H2,1H3;1H/q+1;/p-1/t33-,42-;/m1./s1. The van der Waals surface area contributed by atoms with E-state index in [2.05, 4.69) is 79.7 Å². The van der Waals surface area contributed by atoms with Crippen LogP contribution in [0.15, 0.2) is 182 Å². The van der Waals surface area contributed by atoms with Gasteiger partial charge in [0.25, 0.3) is 0 Å². The van der Waals surface area contributed by atoms with E-state index >= 15 is 4.79 Å². The molecule has 6 aromatic rings. The van der Waals surface area contributed by atoms with Gasteiger partial charge in [-0.25, -0.2) is 4.79 Å². The van der Waals surface area contributed by atoms with Gasteiger partial charge in [-0.05, 0) is 48.5 Å². The lowest BCUT2D eigenvalue weighted by Crippen LogP contribution is -3.00. The molecule has 0 radical (unpaired) electrons. The molecular formula is C42H36ClO3P. The molecule has 0 spiro atoms. The van der Waals surface area contributed by atoms with E-state index in [1.54, 1.807) is 36.4 Å². The molecule has 0 aliphatic rings. The van der Waals surface area contributed by atoms with Crippen LogP contribution in [-0.2, 0) is 10.3 Å². The van der Waals surface area contributed by atoms with Crippen LogP contribution in [0.25, 0.3) is 0 Å². The number of carbonyl (C=O) groups excluding carboxylic acids is 2. The van der Waals surface area contributed by atoms with Gasteiger partial charge in [-0.3, -0.25) is 4.79 Å². The first-order chi connectivity index (χ1) is 22.6. The van der Waals surface area contributed by atoms with Crippen molar-refractivity contribution < 1.29 is 26.7 Å². The van der Waals surface area contributed by atoms with Crippen LogP contribution in [0.1, 0.15) is 33.2 Å². The zero-order valence-corrected chi connectivity index (χ0v) is 27.8. The molecule has 0 amide bonds. The molecule has 0 aromatic heterocycles. The molecule has 234 valence electrons. The second-order valence-electron chi connectivity index (χ2n) is 11.5. The molecule has 0 N–H and O–H groups in total. The highest BCUT2D eigenvalue weighted by Crippen LogP contribution is 2.59. The quantitative estimate of drug-likeness (QED) is 0.109. The highest BCUT2D eigenvalue weighted by Gasteiger charge is 2.56. The summed E-state index contributed by atoms with van der Waals surface area (Å²) in [6, 6.07) is 59.4. The number of hydrogen-bond donors (Lipinski definition) is 0. The number of benzene rings is 6. The Labute approximate surface area is 284 Å². The Morgan fingerprint density at radius 2 is 0.872 bits per heavy atom. The number of Topliss-reactive ketones (excluding diaryl/α,β-unsaturated/α-hetero) is 1. The number of ketones is 1. The molecule has 6 aromatic carbocycles. The van der Waals surface area contributed by atoms with Crippen molar-refractivity contribution in [3.8, 4) is 0 Å². The predicted octanol–water partition coefficient (Wildman–Crippen LogP) is 5.26. The Morgan fingerprint density at radius 3 is 1.28 bits per heavy atom. The van der Waals surface area contributed by atoms with E-state index < -0.39 is 24.8 Å². The third-order valence-electron chi connectivity index (χ3n) is 8.67. The van der Waals surface area contributed by atoms with E-state index in [-0.39, 0.29) is 18.2 Å². The van der Waals surface area contributed by atoms with Crippen molar-refractivity contribution in [2.75, 3.05) is 6.16 Å². The van der Waals surface area contributed by atoms with Gasteiger partial charge in [0.15, 0.2) is 0 Å². The van der Waals surface area contributed by atoms with Gasteiger partial charge in [0.2, 0.25) is 11.4 Å². The van der Waals surface area contributed by atoms with E-state index in [9.17, 15) is 4.79 Å². The van der Waals surface area contributed by atoms with Gasteiger partial charge >= 0.3 is 5.97 Å². The lowest BCUT2D eigenvalue weighted by atomic mass is 9.77. The Hall–Kier alpha value is -4.82. The number of halogens is 1. The van der Waals surface area contributed by atoms with Crippen LogP contribution >= 0.6 is 7.26 Å². The summed E-state index contributed by atoms with van der Waals surface area (Å²) in [6.07, 6.45) is 0.570. The molecule has 0 heterocycles. The normalized spacial score (nSPS) is 13.0. The zero-order chi connectivity index (χ0) is 31.8. The second kappa shape index (κ2) is 15.2. The van der Waals surface area contributed by atoms with Crippen molar-refractivity contribution in [2.45, 2.75) is 12.5 Å². The molecule has 2 atom stereocenters. The Bertz CT molecular complexity index is 1770. The molecule has 0 saturated carbocycles. The number of carbonyl (C=O) groups is 2. The molecule has 5 heteroatoms. The highest BCUT2D eigenvalue weighted by atomic mass is 35.5. The third-order valence-corrected chi connectivity index (χ3v) is 13.3. The van der Waals surface area contributed by atoms with Gasteiger partial charge < -0.3 is 17.1 Å². The average molecular weight is 655 g/mol. The van der Waals surface area contributed by atoms with Crippen molar-refractivity contribution >= 4 is 34.9 Å². The van der Waals surface area contributed by atoms with Crippen LogP contribution in [0.5, 0.6) is 0 Å². The van der Waals surface area contributed by atoms with Crippen molar-refractivity contribution in [2.24, 2.45) is 5.92 Å². The van der Waals surface area contributed by atoms with Gasteiger partial charge in [0, 0.05) is 17.0 Å². The minimum Gasteiger partial charge on any atom is -1.00 e. The number of hydrogen-bond acceptors (Lipinski definition) is 3. The van der Waals surface area contributed by atoms with Gasteiger partial charge in [-0.15, -0.1) is 0 Å². The van der Waals surface area contributed by atoms with Gasteiger partial charge in [0.05, 0.1) is 11.7 Å². The van der Waals surface area contributed by atoms with Crippen LogP contribution in [0.2, 0.25) is 0 Å². The van der Waals surface area contributed by atoms with E-state index in [4.69, 9.17) is 4.74 Å².